The summed E-state index contributed by atoms with van der Waals surface area (Å²) >= 11 is 1.42. The van der Waals surface area contributed by atoms with Gasteiger partial charge in [0.05, 0.1) is 46.4 Å². The third-order valence-electron chi connectivity index (χ3n) is 8.65. The molecule has 2 amide bonds. The fraction of sp³-hybridized carbons (Fsp3) is 0.306. The zero-order chi connectivity index (χ0) is 40.1. The van der Waals surface area contributed by atoms with Crippen LogP contribution in [0.2, 0.25) is 0 Å². The highest BCUT2D eigenvalue weighted by Crippen LogP contribution is 2.44. The Hall–Kier alpha value is -4.40. The first-order chi connectivity index (χ1) is 26.0. The molecule has 0 aliphatic heterocycles. The van der Waals surface area contributed by atoms with Gasteiger partial charge in [0.25, 0.3) is 5.91 Å². The van der Waals surface area contributed by atoms with Crippen molar-refractivity contribution < 1.29 is 54.2 Å². The van der Waals surface area contributed by atoms with Crippen molar-refractivity contribution in [1.82, 2.24) is 14.2 Å². The Labute approximate surface area is 319 Å². The number of rotatable bonds is 14. The number of aliphatic hydroxyl groups excluding tert-OH is 1. The fourth-order valence-corrected chi connectivity index (χ4v) is 9.87. The van der Waals surface area contributed by atoms with E-state index < -0.39 is 89.3 Å². The molecule has 3 N–H and O–H groups in total. The Morgan fingerprint density at radius 1 is 0.909 bits per heavy atom. The van der Waals surface area contributed by atoms with Crippen LogP contribution >= 0.6 is 22.7 Å². The molecule has 2 heterocycles. The number of carbonyl (C=O) groups excluding carboxylic acids is 2. The quantitative estimate of drug-likeness (QED) is 0.108. The van der Waals surface area contributed by atoms with Crippen molar-refractivity contribution in [2.45, 2.75) is 54.1 Å². The lowest BCUT2D eigenvalue weighted by Gasteiger charge is -2.34. The number of hydrogen-bond acceptors (Lipinski definition) is 10. The predicted octanol–water partition coefficient (Wildman–Crippen LogP) is 7.78. The zero-order valence-electron chi connectivity index (χ0n) is 28.8. The lowest BCUT2D eigenvalue weighted by molar-refractivity contribution is -0.186. The Bertz CT molecular complexity index is 2140. The van der Waals surface area contributed by atoms with Crippen LogP contribution in [0.4, 0.5) is 31.1 Å². The number of fused-ring (bicyclic) bond motifs is 1. The summed E-state index contributed by atoms with van der Waals surface area (Å²) in [5.41, 5.74) is 9.29. The van der Waals surface area contributed by atoms with Crippen LogP contribution in [-0.4, -0.2) is 78.4 Å². The van der Waals surface area contributed by atoms with Gasteiger partial charge in [0, 0.05) is 28.6 Å². The molecule has 5 rings (SSSR count). The van der Waals surface area contributed by atoms with E-state index in [1.165, 1.54) is 23.7 Å². The van der Waals surface area contributed by atoms with Gasteiger partial charge < -0.3 is 15.6 Å². The number of aromatic nitrogens is 1. The molecule has 19 heteroatoms. The number of carbonyl (C=O) groups is 2. The average Bonchev–Trinajstić information content (AvgIpc) is 3.83. The average molecular weight is 829 g/mol. The highest BCUT2D eigenvalue weighted by atomic mass is 32.2. The van der Waals surface area contributed by atoms with Crippen molar-refractivity contribution in [2.24, 2.45) is 5.73 Å². The first kappa shape index (κ1) is 41.8. The van der Waals surface area contributed by atoms with E-state index >= 15 is 13.2 Å². The van der Waals surface area contributed by atoms with Gasteiger partial charge in [0.2, 0.25) is 10.0 Å². The van der Waals surface area contributed by atoms with Gasteiger partial charge in [-0.1, -0.05) is 60.7 Å². The summed E-state index contributed by atoms with van der Waals surface area (Å²) in [6.07, 6.45) is -13.8. The van der Waals surface area contributed by atoms with E-state index in [4.69, 9.17) is 5.73 Å². The van der Waals surface area contributed by atoms with Crippen LogP contribution in [-0.2, 0) is 19.6 Å². The topological polar surface area (TPSA) is 143 Å². The molecule has 0 saturated carbocycles. The third-order valence-corrected chi connectivity index (χ3v) is 12.6. The predicted molar refractivity (Wildman–Crippen MR) is 194 cm³/mol. The summed E-state index contributed by atoms with van der Waals surface area (Å²) < 4.78 is 119. The molecule has 55 heavy (non-hydrogen) atoms. The first-order valence-electron chi connectivity index (χ1n) is 16.4. The maximum Gasteiger partial charge on any atom is 0.417 e. The van der Waals surface area contributed by atoms with Crippen molar-refractivity contribution in [3.63, 3.8) is 0 Å². The van der Waals surface area contributed by atoms with Crippen LogP contribution in [0.1, 0.15) is 51.7 Å². The van der Waals surface area contributed by atoms with Crippen molar-refractivity contribution >= 4 is 54.9 Å². The lowest BCUT2D eigenvalue weighted by Crippen LogP contribution is -2.53. The molecule has 3 atom stereocenters. The molecule has 0 aliphatic rings. The van der Waals surface area contributed by atoms with Crippen molar-refractivity contribution in [3.05, 3.63) is 117 Å². The molecule has 5 aromatic rings. The standard InChI is InChI=1S/C36H34F6N4O6S3/c1-52-34(49)46(33(48)31(43)30(22-9-4-2-5-10-22)23-11-6-3-7-12-23)32(36(40,41)42)28-16-15-27(54-28)26(20-47)45(18-8-17-35(37,38)39)55(50,51)24-13-14-25-29(19-24)53-21-44-25/h2-7,9-16,19,21,26,30-32,47H,8,17-18,20,43H2,1H3/t26-,31+,32-/m1/s1. The minimum atomic E-state index is -5.35. The Morgan fingerprint density at radius 3 is 2.05 bits per heavy atom. The van der Waals surface area contributed by atoms with Gasteiger partial charge in [-0.3, -0.25) is 4.79 Å². The smallest absolute Gasteiger partial charge is 0.417 e. The lowest BCUT2D eigenvalue weighted by atomic mass is 9.84. The largest absolute Gasteiger partial charge is 0.452 e. The molecule has 3 aromatic carbocycles. The first-order valence-corrected chi connectivity index (χ1v) is 19.6. The molecule has 0 bridgehead atoms. The fourth-order valence-electron chi connectivity index (χ4n) is 6.11. The molecule has 0 unspecified atom stereocenters. The van der Waals surface area contributed by atoms with Gasteiger partial charge >= 0.3 is 18.4 Å². The summed E-state index contributed by atoms with van der Waals surface area (Å²) in [5, 5.41) is 10.5. The number of halogens is 6. The molecule has 0 fully saturated rings. The number of nitrogens with two attached hydrogens (primary N) is 1. The number of benzene rings is 3. The number of nitrogens with zero attached hydrogens (tertiary/aromatic N) is 3. The van der Waals surface area contributed by atoms with E-state index in [0.29, 0.717) is 37.0 Å². The second kappa shape index (κ2) is 17.2. The number of methoxy groups -OCH3 is 1. The highest BCUT2D eigenvalue weighted by Gasteiger charge is 2.52. The second-order valence-corrected chi connectivity index (χ2v) is 16.1. The molecule has 10 nitrogen and oxygen atoms in total. The van der Waals surface area contributed by atoms with E-state index in [9.17, 15) is 36.3 Å². The van der Waals surface area contributed by atoms with Gasteiger partial charge in [-0.25, -0.2) is 23.1 Å². The maximum absolute atomic E-state index is 15.2. The molecule has 0 radical (unpaired) electrons. The van der Waals surface area contributed by atoms with E-state index in [1.807, 2.05) is 0 Å². The van der Waals surface area contributed by atoms with Crippen LogP contribution in [0.3, 0.4) is 0 Å². The van der Waals surface area contributed by atoms with Gasteiger partial charge in [0.15, 0.2) is 6.04 Å². The van der Waals surface area contributed by atoms with Crippen LogP contribution < -0.4 is 5.73 Å². The number of thiazole rings is 1. The van der Waals surface area contributed by atoms with Gasteiger partial charge in [0.1, 0.15) is 0 Å². The highest BCUT2D eigenvalue weighted by molar-refractivity contribution is 7.89. The Morgan fingerprint density at radius 2 is 1.51 bits per heavy atom. The monoisotopic (exact) mass is 828 g/mol. The minimum absolute atomic E-state index is 0.144. The number of thiophene rings is 1. The summed E-state index contributed by atoms with van der Waals surface area (Å²) in [4.78, 5) is 30.0. The van der Waals surface area contributed by atoms with E-state index in [1.54, 1.807) is 60.7 Å². The summed E-state index contributed by atoms with van der Waals surface area (Å²) in [7, 11) is -3.91. The van der Waals surface area contributed by atoms with E-state index in [0.717, 1.165) is 30.6 Å². The van der Waals surface area contributed by atoms with E-state index in [2.05, 4.69) is 9.72 Å². The molecule has 0 saturated heterocycles. The van der Waals surface area contributed by atoms with Gasteiger partial charge in [-0.15, -0.1) is 22.7 Å². The van der Waals surface area contributed by atoms with Crippen molar-refractivity contribution in [3.8, 4) is 0 Å². The number of aliphatic hydroxyl groups is 1. The molecular formula is C36H34F6N4O6S3. The van der Waals surface area contributed by atoms with E-state index in [-0.39, 0.29) is 14.7 Å². The molecule has 294 valence electrons. The molecule has 0 spiro atoms. The van der Waals surface area contributed by atoms with Crippen LogP contribution in [0, 0.1) is 0 Å². The van der Waals surface area contributed by atoms with Gasteiger partial charge in [-0.05, 0) is 47.9 Å². The second-order valence-electron chi connectivity index (χ2n) is 12.2. The number of imide groups is 1. The third kappa shape index (κ3) is 9.53. The number of amides is 2. The minimum Gasteiger partial charge on any atom is -0.452 e. The van der Waals surface area contributed by atoms with Crippen molar-refractivity contribution in [2.75, 3.05) is 20.3 Å². The van der Waals surface area contributed by atoms with Gasteiger partial charge in [-0.2, -0.15) is 30.6 Å². The number of ether oxygens (including phenoxy) is 1. The number of hydrogen-bond donors (Lipinski definition) is 2. The summed E-state index contributed by atoms with van der Waals surface area (Å²) in [6, 6.07) is 15.8. The van der Waals surface area contributed by atoms with Crippen LogP contribution in [0.5, 0.6) is 0 Å². The Kier molecular flexibility index (Phi) is 13.0. The maximum atomic E-state index is 15.2. The normalized spacial score (nSPS) is 14.2. The summed E-state index contributed by atoms with van der Waals surface area (Å²) in [5.74, 6) is -2.47. The Balaban J connectivity index is 1.56. The zero-order valence-corrected chi connectivity index (χ0v) is 31.2. The van der Waals surface area contributed by atoms with Crippen LogP contribution in [0.15, 0.2) is 101 Å². The molecule has 2 aromatic heterocycles. The van der Waals surface area contributed by atoms with Crippen molar-refractivity contribution in [1.29, 1.82) is 0 Å². The molecule has 0 aliphatic carbocycles. The number of sulfonamides is 1. The van der Waals surface area contributed by atoms with Crippen LogP contribution in [0.25, 0.3) is 10.2 Å². The number of alkyl halides is 6. The molecular weight excluding hydrogens is 795 g/mol. The SMILES string of the molecule is COC(=O)N(C(=O)[C@@H](N)C(c1ccccc1)c1ccccc1)[C@H](c1ccc([C@@H](CO)N(CCCC(F)(F)F)S(=O)(=O)c2ccc3ncsc3c2)s1)C(F)(F)F. The summed E-state index contributed by atoms with van der Waals surface area (Å²) in [6.45, 7) is -1.82.